The number of halogens is 3. The Balaban J connectivity index is 1.20. The standard InChI is InChI=1S/C40H44F3N5O3/c41-40(42,43)33-9-5-6-29(23-33)26-45-38(50)32-12-16-44-37(24-32)35-25-34(48-17-2-1-3-18-48)10-11-36(35)46-39(51)31-8-4-7-30(22-31)27-47-19-13-28(14-20-47)15-21-49/h4-12,16,22-25,28,49H,1-3,13-15,17-21,26-27H2,(H,45,50)(H,46,51). The van der Waals surface area contributed by atoms with Gasteiger partial charge in [0.2, 0.25) is 0 Å². The van der Waals surface area contributed by atoms with Crippen molar-refractivity contribution in [3.05, 3.63) is 113 Å². The number of rotatable bonds is 11. The van der Waals surface area contributed by atoms with Crippen LogP contribution in [0.2, 0.25) is 0 Å². The Morgan fingerprint density at radius 3 is 2.33 bits per heavy atom. The van der Waals surface area contributed by atoms with Gasteiger partial charge >= 0.3 is 6.18 Å². The molecule has 2 fully saturated rings. The van der Waals surface area contributed by atoms with E-state index in [2.05, 4.69) is 25.4 Å². The Morgan fingerprint density at radius 1 is 0.824 bits per heavy atom. The number of nitrogens with one attached hydrogen (secondary N) is 2. The van der Waals surface area contributed by atoms with E-state index in [1.165, 1.54) is 24.8 Å². The van der Waals surface area contributed by atoms with Gasteiger partial charge in [-0.15, -0.1) is 0 Å². The van der Waals surface area contributed by atoms with Gasteiger partial charge in [-0.1, -0.05) is 24.3 Å². The summed E-state index contributed by atoms with van der Waals surface area (Å²) in [5.41, 5.74) is 4.11. The summed E-state index contributed by atoms with van der Waals surface area (Å²) in [6.07, 6.45) is 3.36. The van der Waals surface area contributed by atoms with E-state index < -0.39 is 17.6 Å². The van der Waals surface area contributed by atoms with Gasteiger partial charge < -0.3 is 20.6 Å². The van der Waals surface area contributed by atoms with Crippen LogP contribution in [0.4, 0.5) is 24.5 Å². The van der Waals surface area contributed by atoms with Crippen LogP contribution in [0.3, 0.4) is 0 Å². The first kappa shape index (κ1) is 36.1. The fraction of sp³-hybridized carbons (Fsp3) is 0.375. The van der Waals surface area contributed by atoms with E-state index in [9.17, 15) is 27.9 Å². The summed E-state index contributed by atoms with van der Waals surface area (Å²) in [6, 6.07) is 21.6. The lowest BCUT2D eigenvalue weighted by Crippen LogP contribution is -2.33. The second-order valence-electron chi connectivity index (χ2n) is 13.5. The summed E-state index contributed by atoms with van der Waals surface area (Å²) in [5.74, 6) is -0.156. The molecule has 0 saturated carbocycles. The van der Waals surface area contributed by atoms with E-state index in [1.807, 2.05) is 36.4 Å². The van der Waals surface area contributed by atoms with Gasteiger partial charge in [0.05, 0.1) is 16.9 Å². The van der Waals surface area contributed by atoms with Gasteiger partial charge in [0, 0.05) is 61.4 Å². The molecule has 0 atom stereocenters. The number of likely N-dealkylation sites (tertiary alicyclic amines) is 1. The van der Waals surface area contributed by atoms with Crippen molar-refractivity contribution in [2.75, 3.05) is 43.0 Å². The van der Waals surface area contributed by atoms with Gasteiger partial charge in [-0.05, 0) is 123 Å². The lowest BCUT2D eigenvalue weighted by Gasteiger charge is -2.31. The molecule has 8 nitrogen and oxygen atoms in total. The quantitative estimate of drug-likeness (QED) is 0.150. The van der Waals surface area contributed by atoms with Gasteiger partial charge in [-0.25, -0.2) is 0 Å². The van der Waals surface area contributed by atoms with Crippen molar-refractivity contribution in [1.82, 2.24) is 15.2 Å². The van der Waals surface area contributed by atoms with E-state index in [4.69, 9.17) is 0 Å². The van der Waals surface area contributed by atoms with E-state index in [0.717, 1.165) is 88.2 Å². The number of nitrogens with zero attached hydrogens (tertiary/aromatic N) is 3. The van der Waals surface area contributed by atoms with E-state index in [-0.39, 0.29) is 19.1 Å². The molecule has 4 aromatic rings. The molecule has 0 bridgehead atoms. The maximum absolute atomic E-state index is 13.7. The Kier molecular flexibility index (Phi) is 11.7. The van der Waals surface area contributed by atoms with Crippen molar-refractivity contribution in [2.45, 2.75) is 57.8 Å². The second-order valence-corrected chi connectivity index (χ2v) is 13.5. The summed E-state index contributed by atoms with van der Waals surface area (Å²) in [7, 11) is 0. The molecule has 3 N–H and O–H groups in total. The molecule has 2 amide bonds. The molecule has 0 radical (unpaired) electrons. The Morgan fingerprint density at radius 2 is 1.57 bits per heavy atom. The van der Waals surface area contributed by atoms with Crippen molar-refractivity contribution in [1.29, 1.82) is 0 Å². The van der Waals surface area contributed by atoms with E-state index in [1.54, 1.807) is 18.2 Å². The lowest BCUT2D eigenvalue weighted by atomic mass is 9.93. The van der Waals surface area contributed by atoms with Crippen LogP contribution in [0, 0.1) is 5.92 Å². The lowest BCUT2D eigenvalue weighted by molar-refractivity contribution is -0.137. The number of hydrogen-bond acceptors (Lipinski definition) is 6. The molecule has 0 spiro atoms. The first-order chi connectivity index (χ1) is 24.7. The number of amides is 2. The number of carbonyl (C=O) groups is 2. The van der Waals surface area contributed by atoms with Gasteiger partial charge in [-0.3, -0.25) is 19.5 Å². The first-order valence-electron chi connectivity index (χ1n) is 17.7. The molecule has 2 aliphatic heterocycles. The van der Waals surface area contributed by atoms with Crippen LogP contribution in [0.1, 0.15) is 75.9 Å². The van der Waals surface area contributed by atoms with Gasteiger partial charge in [-0.2, -0.15) is 13.2 Å². The van der Waals surface area contributed by atoms with E-state index in [0.29, 0.717) is 39.6 Å². The zero-order valence-electron chi connectivity index (χ0n) is 28.6. The van der Waals surface area contributed by atoms with Crippen LogP contribution in [0.25, 0.3) is 11.3 Å². The molecule has 1 aromatic heterocycles. The average Bonchev–Trinajstić information content (AvgIpc) is 3.15. The van der Waals surface area contributed by atoms with Crippen LogP contribution in [0.15, 0.2) is 85.1 Å². The highest BCUT2D eigenvalue weighted by atomic mass is 19.4. The number of carbonyl (C=O) groups excluding carboxylic acids is 2. The zero-order chi connectivity index (χ0) is 35.8. The topological polar surface area (TPSA) is 97.8 Å². The SMILES string of the molecule is O=C(NCc1cccc(C(F)(F)F)c1)c1ccnc(-c2cc(N3CCCCC3)ccc2NC(=O)c2cccc(CN3CCC(CCO)CC3)c2)c1. The van der Waals surface area contributed by atoms with Gasteiger partial charge in [0.25, 0.3) is 11.8 Å². The molecular weight excluding hydrogens is 655 g/mol. The fourth-order valence-corrected chi connectivity index (χ4v) is 6.94. The van der Waals surface area contributed by atoms with Crippen LogP contribution in [-0.4, -0.2) is 59.6 Å². The number of aliphatic hydroxyl groups is 1. The predicted molar refractivity (Wildman–Crippen MR) is 192 cm³/mol. The second kappa shape index (κ2) is 16.5. The Labute approximate surface area is 296 Å². The van der Waals surface area contributed by atoms with Crippen molar-refractivity contribution >= 4 is 23.2 Å². The maximum atomic E-state index is 13.7. The molecule has 3 heterocycles. The molecule has 11 heteroatoms. The highest BCUT2D eigenvalue weighted by Gasteiger charge is 2.30. The predicted octanol–water partition coefficient (Wildman–Crippen LogP) is 7.53. The minimum absolute atomic E-state index is 0.0762. The summed E-state index contributed by atoms with van der Waals surface area (Å²) >= 11 is 0. The third-order valence-corrected chi connectivity index (χ3v) is 9.82. The number of alkyl halides is 3. The van der Waals surface area contributed by atoms with E-state index >= 15 is 0 Å². The number of piperidine rings is 2. The summed E-state index contributed by atoms with van der Waals surface area (Å²) < 4.78 is 39.6. The smallest absolute Gasteiger partial charge is 0.396 e. The summed E-state index contributed by atoms with van der Waals surface area (Å²) in [4.78, 5) is 36.2. The third kappa shape index (κ3) is 9.53. The van der Waals surface area contributed by atoms with Gasteiger partial charge in [0.15, 0.2) is 0 Å². The highest BCUT2D eigenvalue weighted by Crippen LogP contribution is 2.34. The number of aliphatic hydroxyl groups excluding tert-OH is 1. The minimum atomic E-state index is -4.47. The maximum Gasteiger partial charge on any atom is 0.416 e. The van der Waals surface area contributed by atoms with Crippen molar-refractivity contribution in [2.24, 2.45) is 5.92 Å². The largest absolute Gasteiger partial charge is 0.416 e. The monoisotopic (exact) mass is 699 g/mol. The first-order valence-corrected chi connectivity index (χ1v) is 17.7. The molecule has 6 rings (SSSR count). The summed E-state index contributed by atoms with van der Waals surface area (Å²) in [5, 5.41) is 15.1. The molecule has 2 aliphatic rings. The van der Waals surface area contributed by atoms with Crippen LogP contribution < -0.4 is 15.5 Å². The molecule has 51 heavy (non-hydrogen) atoms. The molecule has 2 saturated heterocycles. The van der Waals surface area contributed by atoms with Crippen LogP contribution in [-0.2, 0) is 19.3 Å². The van der Waals surface area contributed by atoms with Crippen molar-refractivity contribution in [3.63, 3.8) is 0 Å². The third-order valence-electron chi connectivity index (χ3n) is 9.82. The van der Waals surface area contributed by atoms with Gasteiger partial charge in [0.1, 0.15) is 0 Å². The van der Waals surface area contributed by atoms with Crippen molar-refractivity contribution in [3.8, 4) is 11.3 Å². The Bertz CT molecular complexity index is 1820. The fourth-order valence-electron chi connectivity index (χ4n) is 6.94. The molecule has 268 valence electrons. The molecule has 3 aromatic carbocycles. The molecular formula is C40H44F3N5O3. The number of aromatic nitrogens is 1. The normalized spacial score (nSPS) is 15.8. The average molecular weight is 700 g/mol. The van der Waals surface area contributed by atoms with Crippen LogP contribution >= 0.6 is 0 Å². The molecule has 0 unspecified atom stereocenters. The number of anilines is 2. The zero-order valence-corrected chi connectivity index (χ0v) is 28.6. The highest BCUT2D eigenvalue weighted by molar-refractivity contribution is 6.06. The minimum Gasteiger partial charge on any atom is -0.396 e. The summed E-state index contributed by atoms with van der Waals surface area (Å²) in [6.45, 7) is 4.66. The molecule has 0 aliphatic carbocycles. The Hall–Kier alpha value is -4.74. The van der Waals surface area contributed by atoms with Crippen LogP contribution in [0.5, 0.6) is 0 Å². The number of pyridine rings is 1. The van der Waals surface area contributed by atoms with Crippen molar-refractivity contribution < 1.29 is 27.9 Å². The number of benzene rings is 3. The number of hydrogen-bond donors (Lipinski definition) is 3.